The molecule has 0 aromatic heterocycles. The summed E-state index contributed by atoms with van der Waals surface area (Å²) in [6, 6.07) is 32.9. The van der Waals surface area contributed by atoms with E-state index in [2.05, 4.69) is 10.6 Å². The summed E-state index contributed by atoms with van der Waals surface area (Å²) in [7, 11) is 0. The van der Waals surface area contributed by atoms with Gasteiger partial charge in [-0.2, -0.15) is 5.06 Å². The molecule has 0 bridgehead atoms. The van der Waals surface area contributed by atoms with Gasteiger partial charge in [0.05, 0.1) is 6.42 Å². The number of alkyl carbamates (subject to hydrolysis) is 1. The fourth-order valence-corrected chi connectivity index (χ4v) is 5.61. The molecule has 0 saturated carbocycles. The van der Waals surface area contributed by atoms with Crippen LogP contribution < -0.4 is 10.6 Å². The molecule has 12 nitrogen and oxygen atoms in total. The Morgan fingerprint density at radius 1 is 0.796 bits per heavy atom. The fraction of sp³-hybridized carbons (Fsp3) is 0.216. The minimum Gasteiger partial charge on any atom is -0.448 e. The lowest BCUT2D eigenvalue weighted by Gasteiger charge is -2.34. The van der Waals surface area contributed by atoms with Crippen molar-refractivity contribution in [1.82, 2.24) is 15.7 Å². The summed E-state index contributed by atoms with van der Waals surface area (Å²) >= 11 is 0. The lowest BCUT2D eigenvalue weighted by Crippen LogP contribution is -2.57. The Morgan fingerprint density at radius 3 is 1.90 bits per heavy atom. The third-order valence-electron chi connectivity index (χ3n) is 8.08. The van der Waals surface area contributed by atoms with Gasteiger partial charge in [-0.25, -0.2) is 9.59 Å². The molecule has 1 unspecified atom stereocenters. The number of carbonyl (C=O) groups is 5. The molecular weight excluding hydrogens is 630 g/mol. The van der Waals surface area contributed by atoms with Crippen LogP contribution >= 0.6 is 0 Å². The molecule has 2 aliphatic rings. The number of hydrogen-bond acceptors (Lipinski definition) is 9. The highest BCUT2D eigenvalue weighted by molar-refractivity contribution is 5.96. The molecular formula is C37H33N3O9. The second-order valence-electron chi connectivity index (χ2n) is 11.4. The second kappa shape index (κ2) is 14.8. The smallest absolute Gasteiger partial charge is 0.408 e. The molecule has 3 atom stereocenters. The van der Waals surface area contributed by atoms with Crippen LogP contribution in [0.4, 0.5) is 4.79 Å². The molecule has 3 amide bonds. The number of ether oxygens (including phenoxy) is 3. The van der Waals surface area contributed by atoms with Crippen molar-refractivity contribution in [1.29, 1.82) is 0 Å². The minimum atomic E-state index is -2.23. The van der Waals surface area contributed by atoms with E-state index in [4.69, 9.17) is 19.0 Å². The second-order valence-corrected chi connectivity index (χ2v) is 11.4. The van der Waals surface area contributed by atoms with Crippen molar-refractivity contribution in [2.75, 3.05) is 6.61 Å². The Kier molecular flexibility index (Phi) is 9.96. The fourth-order valence-electron chi connectivity index (χ4n) is 5.61. The van der Waals surface area contributed by atoms with Gasteiger partial charge in [-0.05, 0) is 22.3 Å². The molecule has 250 valence electrons. The number of carbonyl (C=O) groups excluding carboxylic acids is 5. The zero-order chi connectivity index (χ0) is 34.2. The van der Waals surface area contributed by atoms with Crippen molar-refractivity contribution in [3.63, 3.8) is 0 Å². The Morgan fingerprint density at radius 2 is 1.35 bits per heavy atom. The van der Waals surface area contributed by atoms with Gasteiger partial charge in [0, 0.05) is 6.42 Å². The first-order valence-corrected chi connectivity index (χ1v) is 15.7. The first-order valence-electron chi connectivity index (χ1n) is 15.7. The van der Waals surface area contributed by atoms with Crippen LogP contribution in [0.5, 0.6) is 0 Å². The van der Waals surface area contributed by atoms with Crippen LogP contribution in [0.2, 0.25) is 0 Å². The van der Waals surface area contributed by atoms with Gasteiger partial charge in [0.2, 0.25) is 5.91 Å². The molecule has 0 radical (unpaired) electrons. The quantitative estimate of drug-likeness (QED) is 0.177. The zero-order valence-corrected chi connectivity index (χ0v) is 26.2. The molecule has 0 spiro atoms. The van der Waals surface area contributed by atoms with Gasteiger partial charge in [0.1, 0.15) is 25.3 Å². The first kappa shape index (κ1) is 32.9. The van der Waals surface area contributed by atoms with Crippen molar-refractivity contribution < 1.29 is 43.0 Å². The van der Waals surface area contributed by atoms with Crippen molar-refractivity contribution in [2.45, 2.75) is 43.4 Å². The van der Waals surface area contributed by atoms with Gasteiger partial charge in [-0.3, -0.25) is 19.2 Å². The largest absolute Gasteiger partial charge is 0.448 e. The number of hydroxylamine groups is 2. The number of amides is 3. The van der Waals surface area contributed by atoms with Gasteiger partial charge >= 0.3 is 23.8 Å². The Bertz CT molecular complexity index is 1750. The van der Waals surface area contributed by atoms with E-state index in [1.165, 1.54) is 0 Å². The van der Waals surface area contributed by atoms with E-state index in [1.54, 1.807) is 91.0 Å². The molecule has 49 heavy (non-hydrogen) atoms. The van der Waals surface area contributed by atoms with E-state index in [0.29, 0.717) is 21.8 Å². The molecule has 4 aromatic carbocycles. The third-order valence-corrected chi connectivity index (χ3v) is 8.08. The van der Waals surface area contributed by atoms with E-state index < -0.39 is 53.8 Å². The van der Waals surface area contributed by atoms with Crippen LogP contribution in [0, 0.1) is 0 Å². The van der Waals surface area contributed by atoms with Crippen LogP contribution in [0.15, 0.2) is 121 Å². The lowest BCUT2D eigenvalue weighted by atomic mass is 10.0. The normalized spacial score (nSPS) is 19.2. The number of hydrogen-bond donors (Lipinski definition) is 2. The monoisotopic (exact) mass is 663 g/mol. The van der Waals surface area contributed by atoms with Gasteiger partial charge in [-0.15, -0.1) is 0 Å². The summed E-state index contributed by atoms with van der Waals surface area (Å²) in [6.45, 7) is -0.399. The highest BCUT2D eigenvalue weighted by Crippen LogP contribution is 2.38. The molecule has 2 aliphatic heterocycles. The minimum absolute atomic E-state index is 0.0218. The summed E-state index contributed by atoms with van der Waals surface area (Å²) in [4.78, 5) is 72.3. The van der Waals surface area contributed by atoms with Crippen molar-refractivity contribution >= 4 is 29.8 Å². The number of cyclic esters (lactones) is 1. The van der Waals surface area contributed by atoms with E-state index in [1.807, 2.05) is 30.3 Å². The average Bonchev–Trinajstić information content (AvgIpc) is 3.72. The molecule has 2 saturated heterocycles. The van der Waals surface area contributed by atoms with Crippen molar-refractivity contribution in [3.8, 4) is 0 Å². The number of benzene rings is 4. The summed E-state index contributed by atoms with van der Waals surface area (Å²) in [5, 5.41) is 5.84. The molecule has 6 rings (SSSR count). The van der Waals surface area contributed by atoms with Crippen LogP contribution in [0.1, 0.15) is 47.2 Å². The highest BCUT2D eigenvalue weighted by Gasteiger charge is 2.60. The van der Waals surface area contributed by atoms with Crippen LogP contribution in [-0.2, 0) is 44.8 Å². The van der Waals surface area contributed by atoms with E-state index in [-0.39, 0.29) is 26.1 Å². The first-order chi connectivity index (χ1) is 23.8. The molecule has 2 N–H and O–H groups in total. The topological polar surface area (TPSA) is 150 Å². The third kappa shape index (κ3) is 7.44. The van der Waals surface area contributed by atoms with Gasteiger partial charge < -0.3 is 24.8 Å². The zero-order valence-electron chi connectivity index (χ0n) is 26.2. The number of esters is 2. The Balaban J connectivity index is 1.18. The van der Waals surface area contributed by atoms with Crippen molar-refractivity contribution in [3.05, 3.63) is 144 Å². The number of nitrogens with one attached hydrogen (secondary N) is 2. The van der Waals surface area contributed by atoms with Crippen molar-refractivity contribution in [2.24, 2.45) is 0 Å². The van der Waals surface area contributed by atoms with E-state index in [0.717, 1.165) is 5.56 Å². The predicted octanol–water partition coefficient (Wildman–Crippen LogP) is 4.28. The molecule has 12 heteroatoms. The maximum atomic E-state index is 14.0. The summed E-state index contributed by atoms with van der Waals surface area (Å²) < 4.78 is 16.8. The Hall–Kier alpha value is -6.01. The highest BCUT2D eigenvalue weighted by atomic mass is 16.8. The van der Waals surface area contributed by atoms with Gasteiger partial charge in [0.15, 0.2) is 6.10 Å². The van der Waals surface area contributed by atoms with Crippen LogP contribution in [0.25, 0.3) is 0 Å². The van der Waals surface area contributed by atoms with E-state index in [9.17, 15) is 24.0 Å². The molecule has 0 aliphatic carbocycles. The van der Waals surface area contributed by atoms with Crippen LogP contribution in [-0.4, -0.2) is 53.3 Å². The van der Waals surface area contributed by atoms with Gasteiger partial charge in [0.25, 0.3) is 5.91 Å². The maximum Gasteiger partial charge on any atom is 0.408 e. The molecule has 2 heterocycles. The van der Waals surface area contributed by atoms with Crippen LogP contribution in [0.3, 0.4) is 0 Å². The van der Waals surface area contributed by atoms with Gasteiger partial charge in [-0.1, -0.05) is 121 Å². The molecule has 4 aromatic rings. The van der Waals surface area contributed by atoms with E-state index >= 15 is 0 Å². The predicted molar refractivity (Wildman–Crippen MR) is 173 cm³/mol. The lowest BCUT2D eigenvalue weighted by molar-refractivity contribution is -0.260. The SMILES string of the molecule is O=C1CCC(C(=O)OC(c2ccccc2)c2ccccc2)(N2OC[C@H](NC(=O)[C@H](NC(=O)OCc3ccccc3)c3ccccc3)C2=O)O1. The Labute approximate surface area is 281 Å². The summed E-state index contributed by atoms with van der Waals surface area (Å²) in [5.41, 5.74) is 0.265. The molecule has 2 fully saturated rings. The number of nitrogens with zero attached hydrogens (tertiary/aromatic N) is 1. The summed E-state index contributed by atoms with van der Waals surface area (Å²) in [6.07, 6.45) is -2.14. The number of rotatable bonds is 11. The standard InChI is InChI=1S/C37H33N3O9/c41-30-21-22-37(49-30,35(44)48-32(27-17-9-3-10-18-27)28-19-11-4-12-20-28)40-34(43)29(24-47-40)38-33(42)31(26-15-7-2-8-16-26)39-36(45)46-23-25-13-5-1-6-14-25/h1-20,29,31-32H,21-24H2,(H,38,42)(H,39,45)/t29-,31+,37?/m0/s1. The maximum absolute atomic E-state index is 14.0. The average molecular weight is 664 g/mol. The summed E-state index contributed by atoms with van der Waals surface area (Å²) in [5.74, 6) is -3.31.